The maximum Gasteiger partial charge on any atom is 0.163 e. The van der Waals surface area contributed by atoms with Crippen molar-refractivity contribution in [3.8, 4) is 10.8 Å². The molecule has 3 heterocycles. The fourth-order valence-corrected chi connectivity index (χ4v) is 4.78. The number of benzene rings is 1. The van der Waals surface area contributed by atoms with Gasteiger partial charge in [-0.05, 0) is 37.2 Å². The predicted octanol–water partition coefficient (Wildman–Crippen LogP) is 3.92. The standard InChI is InChI=1S/C22H30N4OS/c1-16(2)19(26-12-10-25(3)11-13-26)15-23-14-17-8-9-20(27-17)22-24-18-6-4-5-7-21(18)28-22/h4-9,16,19,23H,10-15H2,1-3H3. The number of hydrogen-bond donors (Lipinski definition) is 1. The van der Waals surface area contributed by atoms with E-state index < -0.39 is 0 Å². The topological polar surface area (TPSA) is 44.5 Å². The molecule has 0 spiro atoms. The fourth-order valence-electron chi connectivity index (χ4n) is 3.85. The van der Waals surface area contributed by atoms with E-state index in [4.69, 9.17) is 4.42 Å². The maximum absolute atomic E-state index is 6.07. The van der Waals surface area contributed by atoms with Gasteiger partial charge in [0, 0.05) is 38.8 Å². The molecule has 0 bridgehead atoms. The second kappa shape index (κ2) is 8.74. The molecule has 2 aromatic heterocycles. The van der Waals surface area contributed by atoms with E-state index in [1.165, 1.54) is 4.70 Å². The summed E-state index contributed by atoms with van der Waals surface area (Å²) in [5, 5.41) is 4.57. The van der Waals surface area contributed by atoms with E-state index in [-0.39, 0.29) is 0 Å². The molecule has 1 saturated heterocycles. The van der Waals surface area contributed by atoms with Crippen LogP contribution in [0.4, 0.5) is 0 Å². The largest absolute Gasteiger partial charge is 0.457 e. The van der Waals surface area contributed by atoms with E-state index in [0.29, 0.717) is 12.0 Å². The number of likely N-dealkylation sites (N-methyl/N-ethyl adjacent to an activating group) is 1. The number of aromatic nitrogens is 1. The van der Waals surface area contributed by atoms with Crippen molar-refractivity contribution in [3.05, 3.63) is 42.2 Å². The van der Waals surface area contributed by atoms with Crippen LogP contribution in [0.25, 0.3) is 21.0 Å². The van der Waals surface area contributed by atoms with Gasteiger partial charge in [0.15, 0.2) is 10.8 Å². The number of piperazine rings is 1. The Labute approximate surface area is 171 Å². The molecule has 0 saturated carbocycles. The lowest BCUT2D eigenvalue weighted by molar-refractivity contribution is 0.0872. The van der Waals surface area contributed by atoms with Gasteiger partial charge in [-0.25, -0.2) is 4.98 Å². The van der Waals surface area contributed by atoms with Gasteiger partial charge in [0.05, 0.1) is 16.8 Å². The molecule has 6 heteroatoms. The summed E-state index contributed by atoms with van der Waals surface area (Å²) in [5.41, 5.74) is 1.03. The van der Waals surface area contributed by atoms with E-state index in [2.05, 4.69) is 53.1 Å². The first-order valence-corrected chi connectivity index (χ1v) is 11.0. The summed E-state index contributed by atoms with van der Waals surface area (Å²) in [6, 6.07) is 12.9. The second-order valence-electron chi connectivity index (χ2n) is 8.03. The minimum Gasteiger partial charge on any atom is -0.457 e. The molecule has 150 valence electrons. The van der Waals surface area contributed by atoms with E-state index in [0.717, 1.165) is 61.3 Å². The Morgan fingerprint density at radius 3 is 2.64 bits per heavy atom. The zero-order chi connectivity index (χ0) is 19.5. The van der Waals surface area contributed by atoms with E-state index >= 15 is 0 Å². The monoisotopic (exact) mass is 398 g/mol. The molecule has 1 fully saturated rings. The third-order valence-corrected chi connectivity index (χ3v) is 6.65. The zero-order valence-corrected chi connectivity index (χ0v) is 17.8. The van der Waals surface area contributed by atoms with Crippen LogP contribution in [-0.2, 0) is 6.54 Å². The molecular weight excluding hydrogens is 368 g/mol. The smallest absolute Gasteiger partial charge is 0.163 e. The van der Waals surface area contributed by atoms with Gasteiger partial charge in [0.2, 0.25) is 0 Å². The van der Waals surface area contributed by atoms with Crippen molar-refractivity contribution in [2.45, 2.75) is 26.4 Å². The summed E-state index contributed by atoms with van der Waals surface area (Å²) < 4.78 is 7.26. The van der Waals surface area contributed by atoms with Crippen molar-refractivity contribution in [3.63, 3.8) is 0 Å². The Hall–Kier alpha value is -1.73. The molecule has 3 aromatic rings. The molecule has 1 aliphatic rings. The average Bonchev–Trinajstić information content (AvgIpc) is 3.32. The van der Waals surface area contributed by atoms with Gasteiger partial charge in [-0.1, -0.05) is 26.0 Å². The highest BCUT2D eigenvalue weighted by Gasteiger charge is 2.24. The normalized spacial score (nSPS) is 17.6. The third-order valence-electron chi connectivity index (χ3n) is 5.60. The molecule has 0 amide bonds. The molecule has 1 N–H and O–H groups in total. The number of fused-ring (bicyclic) bond motifs is 1. The van der Waals surface area contributed by atoms with Crippen molar-refractivity contribution in [1.29, 1.82) is 0 Å². The van der Waals surface area contributed by atoms with Crippen molar-refractivity contribution in [2.24, 2.45) is 5.92 Å². The molecule has 28 heavy (non-hydrogen) atoms. The summed E-state index contributed by atoms with van der Waals surface area (Å²) in [6.07, 6.45) is 0. The molecular formula is C22H30N4OS. The lowest BCUT2D eigenvalue weighted by Crippen LogP contribution is -2.53. The Kier molecular flexibility index (Phi) is 6.11. The summed E-state index contributed by atoms with van der Waals surface area (Å²) in [5.74, 6) is 2.46. The summed E-state index contributed by atoms with van der Waals surface area (Å²) >= 11 is 1.68. The highest BCUT2D eigenvalue weighted by Crippen LogP contribution is 2.31. The molecule has 1 atom stereocenters. The van der Waals surface area contributed by atoms with E-state index in [1.54, 1.807) is 11.3 Å². The number of nitrogens with zero attached hydrogens (tertiary/aromatic N) is 3. The van der Waals surface area contributed by atoms with Gasteiger partial charge in [-0.3, -0.25) is 4.90 Å². The first-order chi connectivity index (χ1) is 13.6. The molecule has 0 radical (unpaired) electrons. The van der Waals surface area contributed by atoms with Crippen LogP contribution in [0, 0.1) is 5.92 Å². The molecule has 1 unspecified atom stereocenters. The van der Waals surface area contributed by atoms with Gasteiger partial charge in [0.1, 0.15) is 5.76 Å². The van der Waals surface area contributed by atoms with Crippen LogP contribution < -0.4 is 5.32 Å². The Morgan fingerprint density at radius 1 is 1.11 bits per heavy atom. The highest BCUT2D eigenvalue weighted by atomic mass is 32.1. The predicted molar refractivity (Wildman–Crippen MR) is 117 cm³/mol. The van der Waals surface area contributed by atoms with Gasteiger partial charge in [-0.15, -0.1) is 11.3 Å². The summed E-state index contributed by atoms with van der Waals surface area (Å²) in [6.45, 7) is 11.0. The quantitative estimate of drug-likeness (QED) is 0.654. The van der Waals surface area contributed by atoms with Crippen LogP contribution in [0.2, 0.25) is 0 Å². The van der Waals surface area contributed by atoms with E-state index in [9.17, 15) is 0 Å². The molecule has 5 nitrogen and oxygen atoms in total. The zero-order valence-electron chi connectivity index (χ0n) is 17.0. The number of thiazole rings is 1. The van der Waals surface area contributed by atoms with Crippen LogP contribution in [0.3, 0.4) is 0 Å². The first kappa shape index (κ1) is 19.6. The molecule has 0 aliphatic carbocycles. The minimum atomic E-state index is 0.562. The van der Waals surface area contributed by atoms with Crippen molar-refractivity contribution < 1.29 is 4.42 Å². The maximum atomic E-state index is 6.07. The van der Waals surface area contributed by atoms with Gasteiger partial charge in [-0.2, -0.15) is 0 Å². The van der Waals surface area contributed by atoms with Crippen LogP contribution in [-0.4, -0.2) is 60.6 Å². The van der Waals surface area contributed by atoms with Gasteiger partial charge >= 0.3 is 0 Å². The summed E-state index contributed by atoms with van der Waals surface area (Å²) in [4.78, 5) is 9.73. The second-order valence-corrected chi connectivity index (χ2v) is 9.06. The number of nitrogens with one attached hydrogen (secondary N) is 1. The number of hydrogen-bond acceptors (Lipinski definition) is 6. The Morgan fingerprint density at radius 2 is 1.89 bits per heavy atom. The van der Waals surface area contributed by atoms with Crippen molar-refractivity contribution >= 4 is 21.6 Å². The molecule has 1 aromatic carbocycles. The molecule has 4 rings (SSSR count). The Balaban J connectivity index is 1.34. The molecule has 1 aliphatic heterocycles. The average molecular weight is 399 g/mol. The SMILES string of the molecule is CC(C)C(CNCc1ccc(-c2nc3ccccc3s2)o1)N1CCN(C)CC1. The summed E-state index contributed by atoms with van der Waals surface area (Å²) in [7, 11) is 2.21. The van der Waals surface area contributed by atoms with Gasteiger partial charge < -0.3 is 14.6 Å². The number of rotatable bonds is 7. The van der Waals surface area contributed by atoms with Crippen LogP contribution in [0.5, 0.6) is 0 Å². The Bertz CT molecular complexity index is 862. The third kappa shape index (κ3) is 4.46. The van der Waals surface area contributed by atoms with Crippen LogP contribution in [0.15, 0.2) is 40.8 Å². The first-order valence-electron chi connectivity index (χ1n) is 10.2. The minimum absolute atomic E-state index is 0.562. The van der Waals surface area contributed by atoms with Crippen molar-refractivity contribution in [1.82, 2.24) is 20.1 Å². The fraction of sp³-hybridized carbons (Fsp3) is 0.500. The van der Waals surface area contributed by atoms with Crippen LogP contribution in [0.1, 0.15) is 19.6 Å². The van der Waals surface area contributed by atoms with Gasteiger partial charge in [0.25, 0.3) is 0 Å². The lowest BCUT2D eigenvalue weighted by Gasteiger charge is -2.40. The lowest BCUT2D eigenvalue weighted by atomic mass is 10.0. The van der Waals surface area contributed by atoms with E-state index in [1.807, 2.05) is 24.3 Å². The number of para-hydroxylation sites is 1. The van der Waals surface area contributed by atoms with Crippen molar-refractivity contribution in [2.75, 3.05) is 39.8 Å². The number of furan rings is 1. The van der Waals surface area contributed by atoms with Crippen LogP contribution >= 0.6 is 11.3 Å². The highest BCUT2D eigenvalue weighted by molar-refractivity contribution is 7.21.